The van der Waals surface area contributed by atoms with Gasteiger partial charge in [-0.2, -0.15) is 8.42 Å². The first-order chi connectivity index (χ1) is 8.03. The number of carboxylic acids is 2. The van der Waals surface area contributed by atoms with E-state index in [-0.39, 0.29) is 12.3 Å². The molecule has 7 nitrogen and oxygen atoms in total. The van der Waals surface area contributed by atoms with Crippen molar-refractivity contribution >= 4 is 22.1 Å². The van der Waals surface area contributed by atoms with Crippen molar-refractivity contribution < 1.29 is 32.8 Å². The SMILES string of the molecule is CC(C)CCCC(CC(=O)O)(C(=O)O)S(=O)(=O)O. The van der Waals surface area contributed by atoms with Crippen molar-refractivity contribution in [3.8, 4) is 0 Å². The molecule has 0 aliphatic carbocycles. The van der Waals surface area contributed by atoms with Crippen LogP contribution < -0.4 is 0 Å². The minimum atomic E-state index is -5.00. The summed E-state index contributed by atoms with van der Waals surface area (Å²) < 4.78 is 28.8. The Hall–Kier alpha value is -1.15. The minimum absolute atomic E-state index is 0.205. The average Bonchev–Trinajstić information content (AvgIpc) is 2.12. The third-order valence-electron chi connectivity index (χ3n) is 2.68. The zero-order valence-corrected chi connectivity index (χ0v) is 11.1. The number of carboxylic acid groups (broad SMARTS) is 2. The minimum Gasteiger partial charge on any atom is -0.481 e. The highest BCUT2D eigenvalue weighted by Crippen LogP contribution is 2.29. The molecule has 0 aromatic carbocycles. The maximum atomic E-state index is 11.2. The molecule has 0 spiro atoms. The normalized spacial score (nSPS) is 15.3. The molecule has 0 aliphatic rings. The second kappa shape index (κ2) is 6.14. The van der Waals surface area contributed by atoms with Gasteiger partial charge in [-0.1, -0.05) is 26.7 Å². The van der Waals surface area contributed by atoms with E-state index in [0.29, 0.717) is 6.42 Å². The summed E-state index contributed by atoms with van der Waals surface area (Å²) in [4.78, 5) is 21.7. The highest BCUT2D eigenvalue weighted by molar-refractivity contribution is 7.88. The molecule has 1 atom stereocenters. The van der Waals surface area contributed by atoms with Gasteiger partial charge in [0.1, 0.15) is 0 Å². The number of rotatable bonds is 8. The van der Waals surface area contributed by atoms with E-state index in [9.17, 15) is 18.0 Å². The van der Waals surface area contributed by atoms with Crippen LogP contribution in [0, 0.1) is 5.92 Å². The van der Waals surface area contributed by atoms with Crippen LogP contribution in [-0.4, -0.2) is 39.9 Å². The molecule has 0 saturated heterocycles. The molecule has 18 heavy (non-hydrogen) atoms. The summed E-state index contributed by atoms with van der Waals surface area (Å²) in [6.45, 7) is 3.74. The molecule has 1 unspecified atom stereocenters. The van der Waals surface area contributed by atoms with Crippen molar-refractivity contribution in [1.82, 2.24) is 0 Å². The Bertz CT molecular complexity index is 412. The van der Waals surface area contributed by atoms with Crippen LogP contribution in [0.5, 0.6) is 0 Å². The fourth-order valence-corrected chi connectivity index (χ4v) is 2.57. The molecule has 0 fully saturated rings. The van der Waals surface area contributed by atoms with Crippen LogP contribution >= 0.6 is 0 Å². The molecular formula is C10H18O7S. The quantitative estimate of drug-likeness (QED) is 0.566. The van der Waals surface area contributed by atoms with Crippen molar-refractivity contribution in [2.24, 2.45) is 5.92 Å². The molecule has 0 saturated carbocycles. The fourth-order valence-electron chi connectivity index (χ4n) is 1.64. The van der Waals surface area contributed by atoms with Crippen molar-refractivity contribution in [2.45, 2.75) is 44.3 Å². The van der Waals surface area contributed by atoms with Gasteiger partial charge in [-0.25, -0.2) is 0 Å². The third kappa shape index (κ3) is 4.26. The molecule has 106 valence electrons. The Kier molecular flexibility index (Phi) is 5.75. The van der Waals surface area contributed by atoms with Crippen LogP contribution in [0.4, 0.5) is 0 Å². The second-order valence-electron chi connectivity index (χ2n) is 4.63. The number of hydrogen-bond donors (Lipinski definition) is 3. The number of aliphatic carboxylic acids is 2. The van der Waals surface area contributed by atoms with Crippen LogP contribution in [0.1, 0.15) is 39.5 Å². The van der Waals surface area contributed by atoms with Gasteiger partial charge in [-0.05, 0) is 12.3 Å². The molecular weight excluding hydrogens is 264 g/mol. The van der Waals surface area contributed by atoms with Crippen LogP contribution in [0.3, 0.4) is 0 Å². The second-order valence-corrected chi connectivity index (χ2v) is 6.36. The first-order valence-electron chi connectivity index (χ1n) is 5.45. The lowest BCUT2D eigenvalue weighted by atomic mass is 9.95. The van der Waals surface area contributed by atoms with Gasteiger partial charge >= 0.3 is 11.9 Å². The third-order valence-corrected chi connectivity index (χ3v) is 4.19. The highest BCUT2D eigenvalue weighted by atomic mass is 32.2. The van der Waals surface area contributed by atoms with E-state index in [4.69, 9.17) is 14.8 Å². The Balaban J connectivity index is 5.23. The number of hydrogen-bond acceptors (Lipinski definition) is 4. The average molecular weight is 282 g/mol. The lowest BCUT2D eigenvalue weighted by Crippen LogP contribution is -2.48. The summed E-state index contributed by atoms with van der Waals surface area (Å²) in [5.41, 5.74) is 0. The van der Waals surface area contributed by atoms with Crippen molar-refractivity contribution in [1.29, 1.82) is 0 Å². The zero-order chi connectivity index (χ0) is 14.6. The van der Waals surface area contributed by atoms with E-state index >= 15 is 0 Å². The Morgan fingerprint density at radius 2 is 1.72 bits per heavy atom. The van der Waals surface area contributed by atoms with Gasteiger partial charge in [-0.15, -0.1) is 0 Å². The van der Waals surface area contributed by atoms with Crippen molar-refractivity contribution in [2.75, 3.05) is 0 Å². The molecule has 8 heteroatoms. The Morgan fingerprint density at radius 3 is 2.00 bits per heavy atom. The summed E-state index contributed by atoms with van der Waals surface area (Å²) in [7, 11) is -5.00. The molecule has 3 N–H and O–H groups in total. The van der Waals surface area contributed by atoms with Gasteiger partial charge in [0.05, 0.1) is 6.42 Å². The molecule has 0 rings (SSSR count). The molecule has 0 heterocycles. The first-order valence-corrected chi connectivity index (χ1v) is 6.89. The summed E-state index contributed by atoms with van der Waals surface area (Å²) in [6.07, 6.45) is -0.827. The topological polar surface area (TPSA) is 129 Å². The standard InChI is InChI=1S/C10H18O7S/c1-7(2)4-3-5-10(9(13)14,6-8(11)12)18(15,16)17/h7H,3-6H2,1-2H3,(H,11,12)(H,13,14)(H,15,16,17). The van der Waals surface area contributed by atoms with Gasteiger partial charge in [0.15, 0.2) is 0 Å². The lowest BCUT2D eigenvalue weighted by molar-refractivity contribution is -0.147. The van der Waals surface area contributed by atoms with E-state index in [1.165, 1.54) is 0 Å². The Morgan fingerprint density at radius 1 is 1.22 bits per heavy atom. The Labute approximate surface area is 106 Å². The maximum Gasteiger partial charge on any atom is 0.328 e. The molecule has 0 aromatic rings. The predicted octanol–water partition coefficient (Wildman–Crippen LogP) is 0.999. The van der Waals surface area contributed by atoms with Crippen LogP contribution in [-0.2, 0) is 19.7 Å². The van der Waals surface area contributed by atoms with E-state index < -0.39 is 39.6 Å². The van der Waals surface area contributed by atoms with E-state index in [2.05, 4.69) is 0 Å². The van der Waals surface area contributed by atoms with Crippen LogP contribution in [0.2, 0.25) is 0 Å². The molecule has 0 aromatic heterocycles. The van der Waals surface area contributed by atoms with Gasteiger partial charge < -0.3 is 10.2 Å². The summed E-state index contributed by atoms with van der Waals surface area (Å²) >= 11 is 0. The lowest BCUT2D eigenvalue weighted by Gasteiger charge is -2.24. The van der Waals surface area contributed by atoms with Gasteiger partial charge in [0, 0.05) is 0 Å². The summed E-state index contributed by atoms with van der Waals surface area (Å²) in [5.74, 6) is -3.20. The van der Waals surface area contributed by atoms with Gasteiger partial charge in [0.2, 0.25) is 4.75 Å². The van der Waals surface area contributed by atoms with E-state index in [1.54, 1.807) is 0 Å². The fraction of sp³-hybridized carbons (Fsp3) is 0.800. The molecule has 0 bridgehead atoms. The van der Waals surface area contributed by atoms with Gasteiger partial charge in [-0.3, -0.25) is 14.1 Å². The molecule has 0 amide bonds. The zero-order valence-electron chi connectivity index (χ0n) is 10.3. The largest absolute Gasteiger partial charge is 0.481 e. The smallest absolute Gasteiger partial charge is 0.328 e. The van der Waals surface area contributed by atoms with E-state index in [0.717, 1.165) is 0 Å². The maximum absolute atomic E-state index is 11.2. The summed E-state index contributed by atoms with van der Waals surface area (Å²) in [6, 6.07) is 0. The number of carbonyl (C=O) groups is 2. The van der Waals surface area contributed by atoms with Gasteiger partial charge in [0.25, 0.3) is 10.1 Å². The highest BCUT2D eigenvalue weighted by Gasteiger charge is 2.51. The summed E-state index contributed by atoms with van der Waals surface area (Å²) in [5, 5.41) is 17.6. The first kappa shape index (κ1) is 16.9. The predicted molar refractivity (Wildman–Crippen MR) is 62.9 cm³/mol. The van der Waals surface area contributed by atoms with Crippen molar-refractivity contribution in [3.05, 3.63) is 0 Å². The monoisotopic (exact) mass is 282 g/mol. The van der Waals surface area contributed by atoms with Crippen molar-refractivity contribution in [3.63, 3.8) is 0 Å². The van der Waals surface area contributed by atoms with Crippen LogP contribution in [0.25, 0.3) is 0 Å². The van der Waals surface area contributed by atoms with E-state index in [1.807, 2.05) is 13.8 Å². The molecule has 0 radical (unpaired) electrons. The van der Waals surface area contributed by atoms with Crippen LogP contribution in [0.15, 0.2) is 0 Å². The molecule has 0 aliphatic heterocycles.